The summed E-state index contributed by atoms with van der Waals surface area (Å²) in [6, 6.07) is 9.61. The molecule has 0 aromatic heterocycles. The Hall–Kier alpha value is -0.940. The Morgan fingerprint density at radius 3 is 1.93 bits per heavy atom. The highest BCUT2D eigenvalue weighted by Crippen LogP contribution is 2.05. The molecule has 0 saturated heterocycles. The first-order valence-electron chi connectivity index (χ1n) is 4.88. The molecule has 1 aromatic carbocycles. The average Bonchev–Trinajstić information content (AvgIpc) is 2.33. The van der Waals surface area contributed by atoms with Crippen molar-refractivity contribution in [2.45, 2.75) is 12.1 Å². The summed E-state index contributed by atoms with van der Waals surface area (Å²) in [4.78, 5) is 0. The van der Waals surface area contributed by atoms with Gasteiger partial charge in [-0.2, -0.15) is 0 Å². The monoisotopic (exact) mass is 211 g/mol. The predicted molar refractivity (Wildman–Crippen MR) is 57.3 cm³/mol. The molecule has 0 spiro atoms. The summed E-state index contributed by atoms with van der Waals surface area (Å²) in [6.07, 6.45) is 0. The Kier molecular flexibility index (Phi) is 4.71. The Morgan fingerprint density at radius 2 is 1.47 bits per heavy atom. The molecule has 0 radical (unpaired) electrons. The summed E-state index contributed by atoms with van der Waals surface area (Å²) in [5.41, 5.74) is 0.0350. The van der Waals surface area contributed by atoms with Gasteiger partial charge in [-0.15, -0.1) is 0 Å². The van der Waals surface area contributed by atoms with E-state index < -0.39 is 5.54 Å². The fourth-order valence-electron chi connectivity index (χ4n) is 1.20. The van der Waals surface area contributed by atoms with Gasteiger partial charge in [0.05, 0.1) is 25.4 Å². The minimum Gasteiger partial charge on any atom is -0.394 e. The lowest BCUT2D eigenvalue weighted by atomic mass is 10.0. The summed E-state index contributed by atoms with van der Waals surface area (Å²) in [7, 11) is 0. The van der Waals surface area contributed by atoms with Crippen LogP contribution in [-0.4, -0.2) is 40.7 Å². The van der Waals surface area contributed by atoms with E-state index >= 15 is 0 Å². The molecule has 0 bridgehead atoms. The van der Waals surface area contributed by atoms with Crippen molar-refractivity contribution in [1.29, 1.82) is 0 Å². The summed E-state index contributed by atoms with van der Waals surface area (Å²) in [5, 5.41) is 30.2. The lowest BCUT2D eigenvalue weighted by Crippen LogP contribution is -2.54. The average molecular weight is 211 g/mol. The van der Waals surface area contributed by atoms with E-state index in [2.05, 4.69) is 5.32 Å². The molecule has 0 atom stereocenters. The lowest BCUT2D eigenvalue weighted by molar-refractivity contribution is 0.0414. The fourth-order valence-corrected chi connectivity index (χ4v) is 1.20. The van der Waals surface area contributed by atoms with Crippen LogP contribution in [0, 0.1) is 0 Å². The van der Waals surface area contributed by atoms with Gasteiger partial charge in [0, 0.05) is 6.54 Å². The van der Waals surface area contributed by atoms with Crippen LogP contribution < -0.4 is 5.32 Å². The number of nitrogens with one attached hydrogen (secondary N) is 1. The molecule has 15 heavy (non-hydrogen) atoms. The maximum absolute atomic E-state index is 9.07. The van der Waals surface area contributed by atoms with Gasteiger partial charge in [0.2, 0.25) is 0 Å². The highest BCUT2D eigenvalue weighted by Gasteiger charge is 2.26. The Balaban J connectivity index is 2.54. The van der Waals surface area contributed by atoms with Crippen molar-refractivity contribution in [3.63, 3.8) is 0 Å². The molecule has 84 valence electrons. The van der Waals surface area contributed by atoms with Gasteiger partial charge in [-0.25, -0.2) is 0 Å². The molecule has 0 unspecified atom stereocenters. The van der Waals surface area contributed by atoms with Crippen LogP contribution in [0.3, 0.4) is 0 Å². The van der Waals surface area contributed by atoms with E-state index in [1.165, 1.54) is 0 Å². The first-order chi connectivity index (χ1) is 7.26. The second-order valence-corrected chi connectivity index (χ2v) is 3.59. The van der Waals surface area contributed by atoms with Crippen molar-refractivity contribution in [2.24, 2.45) is 0 Å². The number of hydrogen-bond acceptors (Lipinski definition) is 4. The predicted octanol–water partition coefficient (Wildman–Crippen LogP) is -0.508. The summed E-state index contributed by atoms with van der Waals surface area (Å²) >= 11 is 0. The molecular formula is C11H17NO3. The minimum atomic E-state index is -1.00. The molecule has 0 aliphatic carbocycles. The first kappa shape index (κ1) is 12.1. The molecule has 0 aliphatic rings. The van der Waals surface area contributed by atoms with E-state index in [-0.39, 0.29) is 19.8 Å². The van der Waals surface area contributed by atoms with Crippen molar-refractivity contribution >= 4 is 0 Å². The lowest BCUT2D eigenvalue weighted by Gasteiger charge is -2.28. The molecule has 0 heterocycles. The molecule has 4 nitrogen and oxygen atoms in total. The van der Waals surface area contributed by atoms with E-state index in [4.69, 9.17) is 15.3 Å². The van der Waals surface area contributed by atoms with Gasteiger partial charge in [-0.1, -0.05) is 30.3 Å². The maximum atomic E-state index is 9.07. The van der Waals surface area contributed by atoms with Crippen LogP contribution in [0.2, 0.25) is 0 Å². The minimum absolute atomic E-state index is 0.299. The summed E-state index contributed by atoms with van der Waals surface area (Å²) < 4.78 is 0. The van der Waals surface area contributed by atoms with Crippen molar-refractivity contribution in [3.8, 4) is 0 Å². The second kappa shape index (κ2) is 5.82. The van der Waals surface area contributed by atoms with Crippen LogP contribution in [0.25, 0.3) is 0 Å². The van der Waals surface area contributed by atoms with Crippen LogP contribution in [0.1, 0.15) is 5.56 Å². The van der Waals surface area contributed by atoms with Crippen LogP contribution in [0.4, 0.5) is 0 Å². The highest BCUT2D eigenvalue weighted by atomic mass is 16.3. The zero-order chi connectivity index (χ0) is 11.1. The van der Waals surface area contributed by atoms with Gasteiger partial charge in [-0.3, -0.25) is 0 Å². The van der Waals surface area contributed by atoms with Crippen molar-refractivity contribution in [1.82, 2.24) is 5.32 Å². The van der Waals surface area contributed by atoms with Crippen molar-refractivity contribution in [3.05, 3.63) is 35.9 Å². The number of aliphatic hydroxyl groups excluding tert-OH is 3. The maximum Gasteiger partial charge on any atom is 0.0884 e. The van der Waals surface area contributed by atoms with Gasteiger partial charge in [0.25, 0.3) is 0 Å². The van der Waals surface area contributed by atoms with Crippen molar-refractivity contribution in [2.75, 3.05) is 19.8 Å². The zero-order valence-electron chi connectivity index (χ0n) is 8.56. The van der Waals surface area contributed by atoms with Gasteiger partial charge >= 0.3 is 0 Å². The fraction of sp³-hybridized carbons (Fsp3) is 0.455. The normalized spacial score (nSPS) is 11.7. The second-order valence-electron chi connectivity index (χ2n) is 3.59. The molecule has 0 aliphatic heterocycles. The molecule has 1 rings (SSSR count). The largest absolute Gasteiger partial charge is 0.394 e. The van der Waals surface area contributed by atoms with Gasteiger partial charge < -0.3 is 20.6 Å². The molecule has 0 saturated carbocycles. The molecule has 4 heteroatoms. The quantitative estimate of drug-likeness (QED) is 0.511. The van der Waals surface area contributed by atoms with Crippen LogP contribution in [-0.2, 0) is 6.54 Å². The van der Waals surface area contributed by atoms with Crippen LogP contribution in [0.5, 0.6) is 0 Å². The SMILES string of the molecule is OCC(CO)(CO)NCc1ccccc1. The van der Waals surface area contributed by atoms with E-state index in [0.29, 0.717) is 6.54 Å². The van der Waals surface area contributed by atoms with E-state index in [0.717, 1.165) is 5.56 Å². The van der Waals surface area contributed by atoms with Gasteiger partial charge in [0.15, 0.2) is 0 Å². The Morgan fingerprint density at radius 1 is 0.933 bits per heavy atom. The van der Waals surface area contributed by atoms with E-state index in [1.54, 1.807) is 0 Å². The van der Waals surface area contributed by atoms with Gasteiger partial charge in [0.1, 0.15) is 0 Å². The third-order valence-corrected chi connectivity index (χ3v) is 2.42. The third-order valence-electron chi connectivity index (χ3n) is 2.42. The third kappa shape index (κ3) is 3.28. The van der Waals surface area contributed by atoms with E-state index in [9.17, 15) is 0 Å². The topological polar surface area (TPSA) is 72.7 Å². The Labute approximate surface area is 89.2 Å². The number of benzene rings is 1. The highest BCUT2D eigenvalue weighted by molar-refractivity contribution is 5.14. The molecule has 1 aromatic rings. The molecule has 0 fully saturated rings. The Bertz CT molecular complexity index is 264. The zero-order valence-corrected chi connectivity index (χ0v) is 8.56. The standard InChI is InChI=1S/C11H17NO3/c13-7-11(8-14,9-15)12-6-10-4-2-1-3-5-10/h1-5,12-15H,6-9H2. The van der Waals surface area contributed by atoms with Crippen molar-refractivity contribution < 1.29 is 15.3 Å². The van der Waals surface area contributed by atoms with E-state index in [1.807, 2.05) is 30.3 Å². The summed E-state index contributed by atoms with van der Waals surface area (Å²) in [6.45, 7) is -0.394. The summed E-state index contributed by atoms with van der Waals surface area (Å²) in [5.74, 6) is 0. The van der Waals surface area contributed by atoms with Crippen LogP contribution in [0.15, 0.2) is 30.3 Å². The molecular weight excluding hydrogens is 194 g/mol. The number of aliphatic hydroxyl groups is 3. The van der Waals surface area contributed by atoms with Gasteiger partial charge in [-0.05, 0) is 5.56 Å². The first-order valence-corrected chi connectivity index (χ1v) is 4.88. The number of hydrogen-bond donors (Lipinski definition) is 4. The smallest absolute Gasteiger partial charge is 0.0884 e. The molecule has 4 N–H and O–H groups in total. The van der Waals surface area contributed by atoms with Crippen LogP contribution >= 0.6 is 0 Å². The number of rotatable bonds is 6. The molecule has 0 amide bonds.